The predicted octanol–water partition coefficient (Wildman–Crippen LogP) is 5.13. The van der Waals surface area contributed by atoms with Crippen molar-refractivity contribution in [2.45, 2.75) is 85.2 Å². The molecule has 1 rings (SSSR count). The van der Waals surface area contributed by atoms with Gasteiger partial charge in [-0.15, -0.1) is 0 Å². The molecular formula is C26H40O5. The summed E-state index contributed by atoms with van der Waals surface area (Å²) in [5.41, 5.74) is 0.893. The molecule has 31 heavy (non-hydrogen) atoms. The summed E-state index contributed by atoms with van der Waals surface area (Å²) < 4.78 is 4.69. The molecule has 0 spiro atoms. The predicted molar refractivity (Wildman–Crippen MR) is 123 cm³/mol. The van der Waals surface area contributed by atoms with Crippen molar-refractivity contribution >= 4 is 17.5 Å². The fourth-order valence-corrected chi connectivity index (χ4v) is 3.88. The van der Waals surface area contributed by atoms with Gasteiger partial charge >= 0.3 is 5.97 Å². The van der Waals surface area contributed by atoms with Crippen LogP contribution in [0.3, 0.4) is 0 Å². The van der Waals surface area contributed by atoms with Crippen molar-refractivity contribution in [1.82, 2.24) is 0 Å². The summed E-state index contributed by atoms with van der Waals surface area (Å²) in [7, 11) is 0. The first-order chi connectivity index (χ1) is 14.8. The standard InChI is InChI=1S/C26H40O5/c1-5-12-19(3)25(29)16-11-13-22-17-21(6-2)26(30)24(22)15-10-8-7-9-14-23(28)18-31-20(4)27/h8,10-11,13,17,19,22,24-25,29H,5-7,9,12,14-16,18H2,1-4H3/b10-8-,13-11+/t19?,22-,24+,25?/m0/s1. The smallest absolute Gasteiger partial charge is 0.303 e. The van der Waals surface area contributed by atoms with E-state index in [0.717, 1.165) is 31.3 Å². The number of hydrogen-bond acceptors (Lipinski definition) is 5. The lowest BCUT2D eigenvalue weighted by molar-refractivity contribution is -0.145. The molecule has 4 atom stereocenters. The van der Waals surface area contributed by atoms with E-state index < -0.39 is 5.97 Å². The molecule has 0 amide bonds. The molecule has 1 aliphatic carbocycles. The monoisotopic (exact) mass is 432 g/mol. The van der Waals surface area contributed by atoms with Crippen molar-refractivity contribution in [2.75, 3.05) is 6.61 Å². The number of hydrogen-bond donors (Lipinski definition) is 1. The third-order valence-electron chi connectivity index (χ3n) is 5.85. The summed E-state index contributed by atoms with van der Waals surface area (Å²) in [5, 5.41) is 10.3. The number of unbranched alkanes of at least 4 members (excludes halogenated alkanes) is 1. The molecule has 5 nitrogen and oxygen atoms in total. The molecule has 0 heterocycles. The molecule has 2 unspecified atom stereocenters. The van der Waals surface area contributed by atoms with Crippen molar-refractivity contribution in [3.8, 4) is 0 Å². The third kappa shape index (κ3) is 10.2. The zero-order chi connectivity index (χ0) is 23.2. The summed E-state index contributed by atoms with van der Waals surface area (Å²) in [4.78, 5) is 35.0. The molecule has 0 aromatic rings. The Morgan fingerprint density at radius 3 is 2.61 bits per heavy atom. The topological polar surface area (TPSA) is 80.7 Å². The highest BCUT2D eigenvalue weighted by atomic mass is 16.5. The normalized spacial score (nSPS) is 20.9. The van der Waals surface area contributed by atoms with Gasteiger partial charge in [0.15, 0.2) is 11.6 Å². The van der Waals surface area contributed by atoms with E-state index in [1.54, 1.807) is 0 Å². The molecule has 0 bridgehead atoms. The highest BCUT2D eigenvalue weighted by Crippen LogP contribution is 2.33. The molecule has 174 valence electrons. The first kappa shape index (κ1) is 27.0. The highest BCUT2D eigenvalue weighted by molar-refractivity contribution is 6.00. The lowest BCUT2D eigenvalue weighted by Crippen LogP contribution is -2.17. The second kappa shape index (κ2) is 14.9. The maximum Gasteiger partial charge on any atom is 0.303 e. The lowest BCUT2D eigenvalue weighted by atomic mass is 9.89. The van der Waals surface area contributed by atoms with E-state index in [2.05, 4.69) is 26.0 Å². The summed E-state index contributed by atoms with van der Waals surface area (Å²) in [6.07, 6.45) is 15.8. The van der Waals surface area contributed by atoms with Gasteiger partial charge < -0.3 is 9.84 Å². The van der Waals surface area contributed by atoms with Crippen LogP contribution in [0.5, 0.6) is 0 Å². The van der Waals surface area contributed by atoms with Crippen LogP contribution in [0.15, 0.2) is 36.0 Å². The Morgan fingerprint density at radius 2 is 1.97 bits per heavy atom. The molecule has 0 saturated heterocycles. The van der Waals surface area contributed by atoms with Gasteiger partial charge in [0.05, 0.1) is 6.10 Å². The van der Waals surface area contributed by atoms with Crippen LogP contribution in [0.2, 0.25) is 0 Å². The van der Waals surface area contributed by atoms with Crippen LogP contribution in [0.25, 0.3) is 0 Å². The van der Waals surface area contributed by atoms with Crippen molar-refractivity contribution in [3.05, 3.63) is 36.0 Å². The number of aliphatic hydroxyl groups is 1. The number of ketones is 2. The van der Waals surface area contributed by atoms with E-state index in [4.69, 9.17) is 4.74 Å². The fourth-order valence-electron chi connectivity index (χ4n) is 3.88. The highest BCUT2D eigenvalue weighted by Gasteiger charge is 2.32. The molecule has 0 radical (unpaired) electrons. The van der Waals surface area contributed by atoms with Crippen molar-refractivity contribution in [1.29, 1.82) is 0 Å². The molecule has 0 aromatic carbocycles. The molecule has 0 aliphatic heterocycles. The molecule has 0 fully saturated rings. The fraction of sp³-hybridized carbons (Fsp3) is 0.654. The largest absolute Gasteiger partial charge is 0.458 e. The zero-order valence-electron chi connectivity index (χ0n) is 19.6. The second-order valence-corrected chi connectivity index (χ2v) is 8.51. The molecule has 0 saturated carbocycles. The number of carbonyl (C=O) groups is 3. The molecule has 0 aromatic heterocycles. The van der Waals surface area contributed by atoms with Crippen LogP contribution in [-0.4, -0.2) is 35.4 Å². The van der Waals surface area contributed by atoms with E-state index in [1.807, 2.05) is 25.2 Å². The second-order valence-electron chi connectivity index (χ2n) is 8.51. The van der Waals surface area contributed by atoms with Gasteiger partial charge in [0, 0.05) is 25.2 Å². The molecular weight excluding hydrogens is 392 g/mol. The van der Waals surface area contributed by atoms with E-state index in [9.17, 15) is 19.5 Å². The minimum absolute atomic E-state index is 0.0751. The van der Waals surface area contributed by atoms with E-state index >= 15 is 0 Å². The van der Waals surface area contributed by atoms with Crippen LogP contribution >= 0.6 is 0 Å². The number of rotatable bonds is 15. The van der Waals surface area contributed by atoms with Crippen LogP contribution < -0.4 is 0 Å². The average Bonchev–Trinajstić information content (AvgIpc) is 3.03. The Balaban J connectivity index is 2.49. The van der Waals surface area contributed by atoms with Crippen LogP contribution in [-0.2, 0) is 19.1 Å². The molecule has 1 N–H and O–H groups in total. The Morgan fingerprint density at radius 1 is 1.23 bits per heavy atom. The summed E-state index contributed by atoms with van der Waals surface area (Å²) in [5.74, 6) is -0.0287. The Labute approximate surface area is 187 Å². The van der Waals surface area contributed by atoms with Gasteiger partial charge in [0.2, 0.25) is 0 Å². The van der Waals surface area contributed by atoms with Gasteiger partial charge in [-0.1, -0.05) is 57.6 Å². The number of Topliss-reactive ketones (excluding diaryl/α,β-unsaturated/α-hetero) is 2. The van der Waals surface area contributed by atoms with E-state index in [-0.39, 0.29) is 42.0 Å². The van der Waals surface area contributed by atoms with Crippen LogP contribution in [0.4, 0.5) is 0 Å². The van der Waals surface area contributed by atoms with Gasteiger partial charge in [-0.2, -0.15) is 0 Å². The first-order valence-corrected chi connectivity index (χ1v) is 11.7. The van der Waals surface area contributed by atoms with Crippen LogP contribution in [0, 0.1) is 17.8 Å². The number of ether oxygens (including phenoxy) is 1. The van der Waals surface area contributed by atoms with E-state index in [0.29, 0.717) is 25.7 Å². The average molecular weight is 433 g/mol. The minimum Gasteiger partial charge on any atom is -0.458 e. The number of aliphatic hydroxyl groups excluding tert-OH is 1. The first-order valence-electron chi connectivity index (χ1n) is 11.7. The third-order valence-corrected chi connectivity index (χ3v) is 5.85. The molecule has 5 heteroatoms. The minimum atomic E-state index is -0.442. The molecule has 1 aliphatic rings. The van der Waals surface area contributed by atoms with Gasteiger partial charge in [-0.3, -0.25) is 14.4 Å². The van der Waals surface area contributed by atoms with Gasteiger partial charge in [-0.05, 0) is 50.0 Å². The number of esters is 1. The quantitative estimate of drug-likeness (QED) is 0.220. The van der Waals surface area contributed by atoms with Gasteiger partial charge in [0.25, 0.3) is 0 Å². The lowest BCUT2D eigenvalue weighted by Gasteiger charge is -2.17. The Bertz CT molecular complexity index is 673. The van der Waals surface area contributed by atoms with E-state index in [1.165, 1.54) is 6.92 Å². The van der Waals surface area contributed by atoms with Crippen molar-refractivity contribution < 1.29 is 24.2 Å². The SMILES string of the molecule is CCCC(C)C(O)C/C=C/[C@H]1C=C(CC)C(=O)[C@@H]1C/C=C\CCCC(=O)COC(C)=O. The summed E-state index contributed by atoms with van der Waals surface area (Å²) in [6, 6.07) is 0. The maximum absolute atomic E-state index is 12.7. The van der Waals surface area contributed by atoms with Crippen molar-refractivity contribution in [3.63, 3.8) is 0 Å². The summed E-state index contributed by atoms with van der Waals surface area (Å²) in [6.45, 7) is 7.34. The van der Waals surface area contributed by atoms with Crippen LogP contribution in [0.1, 0.15) is 79.1 Å². The Kier molecular flexibility index (Phi) is 13.0. The zero-order valence-corrected chi connectivity index (χ0v) is 19.6. The maximum atomic E-state index is 12.7. The number of carbonyl (C=O) groups excluding carboxylic acids is 3. The van der Waals surface area contributed by atoms with Gasteiger partial charge in [-0.25, -0.2) is 0 Å². The Hall–Kier alpha value is -2.01. The summed E-state index contributed by atoms with van der Waals surface area (Å²) >= 11 is 0. The number of allylic oxidation sites excluding steroid dienone is 5. The van der Waals surface area contributed by atoms with Gasteiger partial charge in [0.1, 0.15) is 6.61 Å². The van der Waals surface area contributed by atoms with Crippen molar-refractivity contribution in [2.24, 2.45) is 17.8 Å².